The molecular formula is C17H21N3O2S. The molecule has 0 N–H and O–H groups in total. The zero-order valence-corrected chi connectivity index (χ0v) is 14.1. The number of furan rings is 1. The molecule has 0 unspecified atom stereocenters. The summed E-state index contributed by atoms with van der Waals surface area (Å²) in [5, 5.41) is 1.83. The summed E-state index contributed by atoms with van der Waals surface area (Å²) >= 11 is 1.48. The van der Waals surface area contributed by atoms with Gasteiger partial charge in [-0.25, -0.2) is 4.98 Å². The Morgan fingerprint density at radius 1 is 1.35 bits per heavy atom. The summed E-state index contributed by atoms with van der Waals surface area (Å²) in [5.74, 6) is 2.11. The summed E-state index contributed by atoms with van der Waals surface area (Å²) in [7, 11) is 0. The normalized spacial score (nSPS) is 20.7. The van der Waals surface area contributed by atoms with Crippen LogP contribution in [0.1, 0.15) is 34.9 Å². The zero-order valence-electron chi connectivity index (χ0n) is 13.3. The predicted molar refractivity (Wildman–Crippen MR) is 88.4 cm³/mol. The van der Waals surface area contributed by atoms with E-state index in [2.05, 4.69) is 16.0 Å². The molecule has 0 radical (unpaired) electrons. The highest BCUT2D eigenvalue weighted by molar-refractivity contribution is 7.07. The number of piperidine rings is 1. The van der Waals surface area contributed by atoms with Crippen molar-refractivity contribution < 1.29 is 9.21 Å². The molecule has 23 heavy (non-hydrogen) atoms. The highest BCUT2D eigenvalue weighted by Crippen LogP contribution is 2.41. The van der Waals surface area contributed by atoms with Crippen LogP contribution in [0.15, 0.2) is 27.4 Å². The van der Waals surface area contributed by atoms with Crippen LogP contribution in [-0.4, -0.2) is 46.9 Å². The highest BCUT2D eigenvalue weighted by Gasteiger charge is 2.47. The first-order valence-corrected chi connectivity index (χ1v) is 9.03. The lowest BCUT2D eigenvalue weighted by atomic mass is 9.72. The molecule has 1 amide bonds. The lowest BCUT2D eigenvalue weighted by Gasteiger charge is -2.53. The van der Waals surface area contributed by atoms with Gasteiger partial charge < -0.3 is 9.32 Å². The van der Waals surface area contributed by atoms with E-state index in [9.17, 15) is 4.79 Å². The van der Waals surface area contributed by atoms with Gasteiger partial charge in [0.1, 0.15) is 17.2 Å². The molecular weight excluding hydrogens is 310 g/mol. The van der Waals surface area contributed by atoms with Crippen LogP contribution in [0.3, 0.4) is 0 Å². The van der Waals surface area contributed by atoms with E-state index in [0.29, 0.717) is 11.1 Å². The molecule has 0 aromatic carbocycles. The molecule has 5 nitrogen and oxygen atoms in total. The molecule has 4 heterocycles. The summed E-state index contributed by atoms with van der Waals surface area (Å²) < 4.78 is 5.67. The third-order valence-corrected chi connectivity index (χ3v) is 5.67. The van der Waals surface area contributed by atoms with Gasteiger partial charge in [0.15, 0.2) is 0 Å². The minimum atomic E-state index is 0.0883. The number of carbonyl (C=O) groups is 1. The predicted octanol–water partition coefficient (Wildman–Crippen LogP) is 2.78. The SMILES string of the molecule is Cc1ccc(CN2CCC3(CC2)CN(C(=O)c2cscn2)C3)o1. The number of hydrogen-bond acceptors (Lipinski definition) is 5. The number of likely N-dealkylation sites (tertiary alicyclic amines) is 2. The number of nitrogens with zero attached hydrogens (tertiary/aromatic N) is 3. The van der Waals surface area contributed by atoms with Crippen LogP contribution in [0.5, 0.6) is 0 Å². The van der Waals surface area contributed by atoms with Gasteiger partial charge in [-0.2, -0.15) is 0 Å². The van der Waals surface area contributed by atoms with Crippen LogP contribution in [0.4, 0.5) is 0 Å². The average molecular weight is 331 g/mol. The van der Waals surface area contributed by atoms with E-state index in [1.165, 1.54) is 11.3 Å². The number of carbonyl (C=O) groups excluding carboxylic acids is 1. The van der Waals surface area contributed by atoms with Crippen LogP contribution < -0.4 is 0 Å². The second-order valence-corrected chi connectivity index (χ2v) is 7.54. The average Bonchev–Trinajstić information content (AvgIpc) is 3.17. The molecule has 2 saturated heterocycles. The Bertz CT molecular complexity index is 679. The van der Waals surface area contributed by atoms with Crippen LogP contribution in [0, 0.1) is 12.3 Å². The van der Waals surface area contributed by atoms with Gasteiger partial charge in [-0.15, -0.1) is 11.3 Å². The maximum Gasteiger partial charge on any atom is 0.273 e. The van der Waals surface area contributed by atoms with Gasteiger partial charge >= 0.3 is 0 Å². The molecule has 2 aromatic rings. The Morgan fingerprint density at radius 3 is 2.74 bits per heavy atom. The maximum atomic E-state index is 12.3. The first-order chi connectivity index (χ1) is 11.1. The van der Waals surface area contributed by atoms with Gasteiger partial charge in [0, 0.05) is 23.9 Å². The number of rotatable bonds is 3. The fourth-order valence-corrected chi connectivity index (χ4v) is 4.21. The monoisotopic (exact) mass is 331 g/mol. The van der Waals surface area contributed by atoms with Gasteiger partial charge in [-0.1, -0.05) is 0 Å². The number of thiazole rings is 1. The molecule has 1 spiro atoms. The fraction of sp³-hybridized carbons (Fsp3) is 0.529. The fourth-order valence-electron chi connectivity index (χ4n) is 3.68. The van der Waals surface area contributed by atoms with Crippen molar-refractivity contribution in [3.05, 3.63) is 40.2 Å². The van der Waals surface area contributed by atoms with E-state index in [4.69, 9.17) is 4.42 Å². The van der Waals surface area contributed by atoms with Crippen molar-refractivity contribution in [3.63, 3.8) is 0 Å². The van der Waals surface area contributed by atoms with Crippen molar-refractivity contribution in [2.24, 2.45) is 5.41 Å². The van der Waals surface area contributed by atoms with Gasteiger partial charge in [-0.05, 0) is 45.0 Å². The molecule has 0 aliphatic carbocycles. The molecule has 122 valence electrons. The van der Waals surface area contributed by atoms with Crippen molar-refractivity contribution in [1.29, 1.82) is 0 Å². The number of hydrogen-bond donors (Lipinski definition) is 0. The van der Waals surface area contributed by atoms with Crippen molar-refractivity contribution in [2.45, 2.75) is 26.3 Å². The Hall–Kier alpha value is -1.66. The summed E-state index contributed by atoms with van der Waals surface area (Å²) in [6.45, 7) is 6.81. The van der Waals surface area contributed by atoms with Crippen LogP contribution in [0.25, 0.3) is 0 Å². The number of aryl methyl sites for hydroxylation is 1. The van der Waals surface area contributed by atoms with E-state index in [-0.39, 0.29) is 5.91 Å². The Morgan fingerprint density at radius 2 is 2.13 bits per heavy atom. The quantitative estimate of drug-likeness (QED) is 0.868. The standard InChI is InChI=1S/C17H21N3O2S/c1-13-2-3-14(22-13)8-19-6-4-17(5-7-19)10-20(11-17)16(21)15-9-23-12-18-15/h2-3,9,12H,4-8,10-11H2,1H3. The van der Waals surface area contributed by atoms with Gasteiger partial charge in [0.25, 0.3) is 5.91 Å². The molecule has 0 bridgehead atoms. The second-order valence-electron chi connectivity index (χ2n) is 6.82. The second kappa shape index (κ2) is 5.76. The Labute approximate surface area is 139 Å². The van der Waals surface area contributed by atoms with E-state index >= 15 is 0 Å². The van der Waals surface area contributed by atoms with E-state index in [1.54, 1.807) is 5.51 Å². The van der Waals surface area contributed by atoms with Gasteiger partial charge in [0.05, 0.1) is 12.1 Å². The van der Waals surface area contributed by atoms with Gasteiger partial charge in [0.2, 0.25) is 0 Å². The molecule has 0 atom stereocenters. The summed E-state index contributed by atoms with van der Waals surface area (Å²) in [4.78, 5) is 20.8. The zero-order chi connectivity index (χ0) is 15.9. The first kappa shape index (κ1) is 14.9. The minimum Gasteiger partial charge on any atom is -0.465 e. The highest BCUT2D eigenvalue weighted by atomic mass is 32.1. The first-order valence-electron chi connectivity index (χ1n) is 8.09. The topological polar surface area (TPSA) is 49.6 Å². The van der Waals surface area contributed by atoms with Crippen molar-refractivity contribution in [1.82, 2.24) is 14.8 Å². The van der Waals surface area contributed by atoms with E-state index in [0.717, 1.165) is 57.1 Å². The van der Waals surface area contributed by atoms with E-state index in [1.807, 2.05) is 23.3 Å². The Balaban J connectivity index is 1.28. The van der Waals surface area contributed by atoms with E-state index < -0.39 is 0 Å². The minimum absolute atomic E-state index is 0.0883. The van der Waals surface area contributed by atoms with Crippen molar-refractivity contribution in [2.75, 3.05) is 26.2 Å². The summed E-state index contributed by atoms with van der Waals surface area (Å²) in [6, 6.07) is 4.09. The molecule has 2 fully saturated rings. The Kier molecular flexibility index (Phi) is 3.73. The lowest BCUT2D eigenvalue weighted by molar-refractivity contribution is -0.0347. The maximum absolute atomic E-state index is 12.3. The van der Waals surface area contributed by atoms with Crippen LogP contribution in [-0.2, 0) is 6.54 Å². The van der Waals surface area contributed by atoms with Crippen molar-refractivity contribution in [3.8, 4) is 0 Å². The number of amides is 1. The molecule has 2 aliphatic heterocycles. The molecule has 6 heteroatoms. The molecule has 2 aromatic heterocycles. The smallest absolute Gasteiger partial charge is 0.273 e. The molecule has 2 aliphatic rings. The largest absolute Gasteiger partial charge is 0.465 e. The van der Waals surface area contributed by atoms with Gasteiger partial charge in [-0.3, -0.25) is 9.69 Å². The summed E-state index contributed by atoms with van der Waals surface area (Å²) in [6.07, 6.45) is 2.32. The van der Waals surface area contributed by atoms with Crippen LogP contribution in [0.2, 0.25) is 0 Å². The number of aromatic nitrogens is 1. The summed E-state index contributed by atoms with van der Waals surface area (Å²) in [5.41, 5.74) is 2.65. The molecule has 0 saturated carbocycles. The third-order valence-electron chi connectivity index (χ3n) is 5.08. The van der Waals surface area contributed by atoms with Crippen molar-refractivity contribution >= 4 is 17.2 Å². The lowest BCUT2D eigenvalue weighted by Crippen LogP contribution is -2.61. The van der Waals surface area contributed by atoms with Crippen LogP contribution >= 0.6 is 11.3 Å². The molecule has 4 rings (SSSR count). The third kappa shape index (κ3) is 2.93.